The molecule has 1 N–H and O–H groups in total. The maximum absolute atomic E-state index is 13.2. The Hall–Kier alpha value is -3.49. The minimum atomic E-state index is -0.212. The van der Waals surface area contributed by atoms with Crippen LogP contribution in [0.1, 0.15) is 48.3 Å². The van der Waals surface area contributed by atoms with Crippen LogP contribution in [0.5, 0.6) is 5.88 Å². The highest BCUT2D eigenvalue weighted by Gasteiger charge is 2.38. The molecule has 0 bridgehead atoms. The fourth-order valence-corrected chi connectivity index (χ4v) is 3.65. The Morgan fingerprint density at radius 1 is 1.26 bits per heavy atom. The van der Waals surface area contributed by atoms with Gasteiger partial charge in [-0.25, -0.2) is 15.0 Å². The van der Waals surface area contributed by atoms with E-state index in [1.165, 1.54) is 0 Å². The zero-order valence-electron chi connectivity index (χ0n) is 17.8. The van der Waals surface area contributed by atoms with Crippen molar-refractivity contribution >= 4 is 28.4 Å². The predicted octanol–water partition coefficient (Wildman–Crippen LogP) is 3.22. The molecule has 1 aliphatic carbocycles. The number of carbonyl (C=O) groups is 1. The van der Waals surface area contributed by atoms with Gasteiger partial charge in [-0.15, -0.1) is 0 Å². The monoisotopic (exact) mass is 420 g/mol. The molecule has 0 aromatic carbocycles. The molecular formula is C22H24N6O3. The van der Waals surface area contributed by atoms with Crippen LogP contribution in [0.15, 0.2) is 29.0 Å². The van der Waals surface area contributed by atoms with Crippen LogP contribution in [-0.4, -0.2) is 56.5 Å². The number of nitrogens with zero attached hydrogens (tertiary/aromatic N) is 5. The van der Waals surface area contributed by atoms with Crippen LogP contribution in [0.3, 0.4) is 0 Å². The topological polar surface area (TPSA) is 106 Å². The number of hydrogen-bond donors (Lipinski definition) is 1. The minimum Gasteiger partial charge on any atom is -0.480 e. The fourth-order valence-electron chi connectivity index (χ4n) is 3.65. The molecule has 0 spiro atoms. The highest BCUT2D eigenvalue weighted by molar-refractivity contribution is 5.95. The fraction of sp³-hybridized carbons (Fsp3) is 0.409. The Kier molecular flexibility index (Phi) is 4.60. The maximum atomic E-state index is 13.2. The van der Waals surface area contributed by atoms with E-state index in [9.17, 15) is 4.79 Å². The van der Waals surface area contributed by atoms with Crippen LogP contribution in [-0.2, 0) is 0 Å². The molecule has 3 aromatic heterocycles. The standard InChI is InChI=1S/C22H24N6O3/c1-13-10-15-18(27-22(2)6-7-22)25-19(26-20(15)31-13)21(29)28-8-4-14(5-9-28)16-11-24-17(30-3)12-23-16/h4,10-12H,5-9H2,1-3H3,(H,25,26,27). The van der Waals surface area contributed by atoms with Crippen molar-refractivity contribution in [3.63, 3.8) is 0 Å². The molecule has 5 rings (SSSR count). The van der Waals surface area contributed by atoms with E-state index in [1.807, 2.05) is 19.1 Å². The second kappa shape index (κ2) is 7.33. The first kappa shape index (κ1) is 19.5. The van der Waals surface area contributed by atoms with Crippen LogP contribution in [0.2, 0.25) is 0 Å². The smallest absolute Gasteiger partial charge is 0.292 e. The lowest BCUT2D eigenvalue weighted by atomic mass is 10.1. The Bertz CT molecular complexity index is 1180. The lowest BCUT2D eigenvalue weighted by Crippen LogP contribution is -2.36. The Morgan fingerprint density at radius 3 is 2.74 bits per heavy atom. The highest BCUT2D eigenvalue weighted by Crippen LogP contribution is 2.39. The van der Waals surface area contributed by atoms with Crippen LogP contribution in [0, 0.1) is 6.92 Å². The molecule has 31 heavy (non-hydrogen) atoms. The number of amides is 1. The minimum absolute atomic E-state index is 0.0228. The summed E-state index contributed by atoms with van der Waals surface area (Å²) in [5.74, 6) is 1.81. The lowest BCUT2D eigenvalue weighted by molar-refractivity contribution is 0.0760. The van der Waals surface area contributed by atoms with E-state index in [-0.39, 0.29) is 17.3 Å². The van der Waals surface area contributed by atoms with Gasteiger partial charge in [-0.05, 0) is 44.7 Å². The molecular weight excluding hydrogens is 396 g/mol. The number of anilines is 1. The van der Waals surface area contributed by atoms with Gasteiger partial charge in [-0.1, -0.05) is 6.08 Å². The second-order valence-electron chi connectivity index (χ2n) is 8.33. The molecule has 1 aliphatic heterocycles. The van der Waals surface area contributed by atoms with Crippen molar-refractivity contribution in [2.75, 3.05) is 25.5 Å². The third-order valence-corrected chi connectivity index (χ3v) is 5.79. The predicted molar refractivity (Wildman–Crippen MR) is 115 cm³/mol. The third kappa shape index (κ3) is 3.83. The zero-order valence-corrected chi connectivity index (χ0v) is 17.8. The number of fused-ring (bicyclic) bond motifs is 1. The zero-order chi connectivity index (χ0) is 21.6. The highest BCUT2D eigenvalue weighted by atomic mass is 16.5. The van der Waals surface area contributed by atoms with Gasteiger partial charge < -0.3 is 19.4 Å². The summed E-state index contributed by atoms with van der Waals surface area (Å²) in [7, 11) is 1.56. The number of hydrogen-bond acceptors (Lipinski definition) is 8. The van der Waals surface area contributed by atoms with Gasteiger partial charge in [0.05, 0.1) is 30.6 Å². The summed E-state index contributed by atoms with van der Waals surface area (Å²) in [6.07, 6.45) is 8.11. The molecule has 4 heterocycles. The molecule has 1 saturated carbocycles. The first-order valence-corrected chi connectivity index (χ1v) is 10.4. The lowest BCUT2D eigenvalue weighted by Gasteiger charge is -2.25. The SMILES string of the molecule is COc1cnc(C2=CCN(C(=O)c3nc(NC4(C)CC4)c4cc(C)oc4n3)CC2)cn1. The molecule has 1 amide bonds. The number of aromatic nitrogens is 4. The van der Waals surface area contributed by atoms with Gasteiger partial charge in [0.2, 0.25) is 17.4 Å². The van der Waals surface area contributed by atoms with Crippen molar-refractivity contribution in [1.82, 2.24) is 24.8 Å². The van der Waals surface area contributed by atoms with E-state index < -0.39 is 0 Å². The van der Waals surface area contributed by atoms with Crippen LogP contribution in [0.25, 0.3) is 16.7 Å². The Labute approximate surface area is 179 Å². The van der Waals surface area contributed by atoms with E-state index in [1.54, 1.807) is 24.4 Å². The van der Waals surface area contributed by atoms with Crippen molar-refractivity contribution in [2.24, 2.45) is 0 Å². The summed E-state index contributed by atoms with van der Waals surface area (Å²) >= 11 is 0. The largest absolute Gasteiger partial charge is 0.480 e. The molecule has 2 aliphatic rings. The number of nitrogens with one attached hydrogen (secondary N) is 1. The van der Waals surface area contributed by atoms with Crippen LogP contribution >= 0.6 is 0 Å². The molecule has 0 unspecified atom stereocenters. The van der Waals surface area contributed by atoms with Crippen molar-refractivity contribution in [3.8, 4) is 5.88 Å². The third-order valence-electron chi connectivity index (χ3n) is 5.79. The number of ether oxygens (including phenoxy) is 1. The van der Waals surface area contributed by atoms with Gasteiger partial charge in [-0.2, -0.15) is 4.98 Å². The van der Waals surface area contributed by atoms with E-state index in [0.717, 1.165) is 35.3 Å². The molecule has 1 fully saturated rings. The molecule has 9 nitrogen and oxygen atoms in total. The number of rotatable bonds is 5. The van der Waals surface area contributed by atoms with Crippen molar-refractivity contribution < 1.29 is 13.9 Å². The summed E-state index contributed by atoms with van der Waals surface area (Å²) in [5, 5.41) is 4.27. The Morgan fingerprint density at radius 2 is 2.10 bits per heavy atom. The average molecular weight is 420 g/mol. The molecule has 9 heteroatoms. The average Bonchev–Trinajstić information content (AvgIpc) is 3.38. The first-order chi connectivity index (χ1) is 14.9. The van der Waals surface area contributed by atoms with Gasteiger partial charge in [0, 0.05) is 18.6 Å². The van der Waals surface area contributed by atoms with E-state index in [0.29, 0.717) is 36.9 Å². The molecule has 0 saturated heterocycles. The first-order valence-electron chi connectivity index (χ1n) is 10.4. The number of aryl methyl sites for hydroxylation is 1. The molecule has 0 radical (unpaired) electrons. The molecule has 160 valence electrons. The van der Waals surface area contributed by atoms with E-state index in [2.05, 4.69) is 32.2 Å². The van der Waals surface area contributed by atoms with Crippen molar-refractivity contribution in [3.05, 3.63) is 41.8 Å². The van der Waals surface area contributed by atoms with Gasteiger partial charge >= 0.3 is 0 Å². The van der Waals surface area contributed by atoms with Gasteiger partial charge in [0.25, 0.3) is 5.91 Å². The van der Waals surface area contributed by atoms with Crippen LogP contribution < -0.4 is 10.1 Å². The summed E-state index contributed by atoms with van der Waals surface area (Å²) in [4.78, 5) is 32.5. The number of furan rings is 1. The van der Waals surface area contributed by atoms with E-state index >= 15 is 0 Å². The van der Waals surface area contributed by atoms with E-state index in [4.69, 9.17) is 9.15 Å². The summed E-state index contributed by atoms with van der Waals surface area (Å²) in [5.41, 5.74) is 2.31. The molecule has 0 atom stereocenters. The normalized spacial score (nSPS) is 17.4. The maximum Gasteiger partial charge on any atom is 0.292 e. The van der Waals surface area contributed by atoms with Gasteiger partial charge in [-0.3, -0.25) is 4.79 Å². The van der Waals surface area contributed by atoms with Gasteiger partial charge in [0.1, 0.15) is 11.6 Å². The second-order valence-corrected chi connectivity index (χ2v) is 8.33. The van der Waals surface area contributed by atoms with Gasteiger partial charge in [0.15, 0.2) is 0 Å². The quantitative estimate of drug-likeness (QED) is 0.671. The number of carbonyl (C=O) groups excluding carboxylic acids is 1. The summed E-state index contributed by atoms with van der Waals surface area (Å²) < 4.78 is 10.8. The van der Waals surface area contributed by atoms with Crippen molar-refractivity contribution in [2.45, 2.75) is 38.6 Å². The van der Waals surface area contributed by atoms with Crippen LogP contribution in [0.4, 0.5) is 5.82 Å². The number of methoxy groups -OCH3 is 1. The van der Waals surface area contributed by atoms with Crippen molar-refractivity contribution in [1.29, 1.82) is 0 Å². The summed E-state index contributed by atoms with van der Waals surface area (Å²) in [6.45, 7) is 5.03. The molecule has 3 aromatic rings. The summed E-state index contributed by atoms with van der Waals surface area (Å²) in [6, 6.07) is 1.91. The Balaban J connectivity index is 1.38.